The number of aryl methyl sites for hydroxylation is 2. The van der Waals surface area contributed by atoms with Crippen molar-refractivity contribution < 1.29 is 9.47 Å². The van der Waals surface area contributed by atoms with Gasteiger partial charge in [0.05, 0.1) is 27.4 Å². The van der Waals surface area contributed by atoms with E-state index in [9.17, 15) is 0 Å². The summed E-state index contributed by atoms with van der Waals surface area (Å²) < 4.78 is 11.4. The van der Waals surface area contributed by atoms with E-state index in [1.807, 2.05) is 6.07 Å². The highest BCUT2D eigenvalue weighted by Crippen LogP contribution is 2.28. The van der Waals surface area contributed by atoms with Crippen LogP contribution in [-0.2, 0) is 4.74 Å². The van der Waals surface area contributed by atoms with Gasteiger partial charge in [-0.1, -0.05) is 18.2 Å². The highest BCUT2D eigenvalue weighted by molar-refractivity contribution is 5.65. The summed E-state index contributed by atoms with van der Waals surface area (Å²) in [5.74, 6) is 1.41. The summed E-state index contributed by atoms with van der Waals surface area (Å²) in [6, 6.07) is 6.55. The molecule has 0 aliphatic carbocycles. The van der Waals surface area contributed by atoms with Gasteiger partial charge in [-0.05, 0) is 25.0 Å². The third-order valence-corrected chi connectivity index (χ3v) is 4.43. The van der Waals surface area contributed by atoms with Crippen molar-refractivity contribution in [3.8, 4) is 17.4 Å². The molecule has 0 atom stereocenters. The molecule has 0 N–H and O–H groups in total. The molecule has 0 spiro atoms. The topological polar surface area (TPSA) is 57.1 Å². The van der Waals surface area contributed by atoms with Gasteiger partial charge in [0.25, 0.3) is 0 Å². The summed E-state index contributed by atoms with van der Waals surface area (Å²) in [7, 11) is 3.72. The van der Waals surface area contributed by atoms with Crippen molar-refractivity contribution in [3.63, 3.8) is 0 Å². The van der Waals surface area contributed by atoms with Gasteiger partial charge < -0.3 is 9.47 Å². The molecule has 23 heavy (non-hydrogen) atoms. The second-order valence-corrected chi connectivity index (χ2v) is 6.17. The lowest BCUT2D eigenvalue weighted by Gasteiger charge is -2.34. The quantitative estimate of drug-likeness (QED) is 0.812. The molecule has 1 aliphatic heterocycles. The van der Waals surface area contributed by atoms with Crippen molar-refractivity contribution in [1.82, 2.24) is 19.4 Å². The smallest absolute Gasteiger partial charge is 0.335 e. The Hall–Kier alpha value is -2.05. The Kier molecular flexibility index (Phi) is 4.28. The van der Waals surface area contributed by atoms with Crippen molar-refractivity contribution in [3.05, 3.63) is 29.3 Å². The number of methoxy groups -OCH3 is 1. The van der Waals surface area contributed by atoms with Gasteiger partial charge in [-0.25, -0.2) is 0 Å². The number of aromatic nitrogens is 3. The predicted molar refractivity (Wildman–Crippen MR) is 89.6 cm³/mol. The minimum Gasteiger partial charge on any atom is -0.467 e. The summed E-state index contributed by atoms with van der Waals surface area (Å²) in [6.45, 7) is 7.26. The van der Waals surface area contributed by atoms with Crippen molar-refractivity contribution in [2.24, 2.45) is 0 Å². The number of hydrogen-bond donors (Lipinski definition) is 0. The second-order valence-electron chi connectivity index (χ2n) is 6.17. The first-order valence-electron chi connectivity index (χ1n) is 7.83. The standard InChI is InChI=1S/C17H23N4O2/c1-12-6-5-7-13(2)14(12)15-18-16(20-17(19-15)22-4)21(3)8-10-23-11-9-21/h5-7H,8-11H2,1-4H3/q+1. The maximum Gasteiger partial charge on any atom is 0.335 e. The largest absolute Gasteiger partial charge is 0.467 e. The van der Waals surface area contributed by atoms with Gasteiger partial charge in [0.15, 0.2) is 5.82 Å². The summed E-state index contributed by atoms with van der Waals surface area (Å²) in [6.07, 6.45) is 0. The average Bonchev–Trinajstić information content (AvgIpc) is 2.55. The van der Waals surface area contributed by atoms with Crippen LogP contribution in [0.1, 0.15) is 11.1 Å². The molecule has 0 amide bonds. The fourth-order valence-corrected chi connectivity index (χ4v) is 2.90. The molecule has 2 aromatic rings. The first-order chi connectivity index (χ1) is 11.0. The average molecular weight is 315 g/mol. The third kappa shape index (κ3) is 3.04. The molecule has 1 aromatic carbocycles. The Morgan fingerprint density at radius 1 is 1.04 bits per heavy atom. The van der Waals surface area contributed by atoms with Crippen molar-refractivity contribution >= 4 is 5.95 Å². The lowest BCUT2D eigenvalue weighted by atomic mass is 10.0. The lowest BCUT2D eigenvalue weighted by Crippen LogP contribution is -2.54. The van der Waals surface area contributed by atoms with Crippen LogP contribution in [0.25, 0.3) is 11.4 Å². The van der Waals surface area contributed by atoms with Gasteiger partial charge >= 0.3 is 12.0 Å². The summed E-state index contributed by atoms with van der Waals surface area (Å²) in [5.41, 5.74) is 3.34. The van der Waals surface area contributed by atoms with Crippen LogP contribution in [0.2, 0.25) is 0 Å². The maximum absolute atomic E-state index is 5.48. The number of ether oxygens (including phenoxy) is 2. The van der Waals surface area contributed by atoms with Crippen LogP contribution in [0.4, 0.5) is 5.95 Å². The van der Waals surface area contributed by atoms with Crippen molar-refractivity contribution in [2.45, 2.75) is 13.8 Å². The Balaban J connectivity index is 2.13. The van der Waals surface area contributed by atoms with Gasteiger partial charge in [-0.3, -0.25) is 4.48 Å². The molecule has 0 unspecified atom stereocenters. The Morgan fingerprint density at radius 2 is 1.70 bits per heavy atom. The normalized spacial score (nSPS) is 17.0. The van der Waals surface area contributed by atoms with Crippen LogP contribution >= 0.6 is 0 Å². The van der Waals surface area contributed by atoms with E-state index in [-0.39, 0.29) is 0 Å². The van der Waals surface area contributed by atoms with Gasteiger partial charge in [0.2, 0.25) is 0 Å². The number of morpholine rings is 1. The van der Waals surface area contributed by atoms with E-state index in [4.69, 9.17) is 14.5 Å². The van der Waals surface area contributed by atoms with E-state index >= 15 is 0 Å². The molecule has 2 heterocycles. The number of benzene rings is 1. The lowest BCUT2D eigenvalue weighted by molar-refractivity contribution is 0.0493. The van der Waals surface area contributed by atoms with E-state index in [1.165, 1.54) is 0 Å². The van der Waals surface area contributed by atoms with E-state index < -0.39 is 0 Å². The zero-order valence-electron chi connectivity index (χ0n) is 14.2. The van der Waals surface area contributed by atoms with Crippen LogP contribution < -0.4 is 9.22 Å². The van der Waals surface area contributed by atoms with Crippen LogP contribution in [0.5, 0.6) is 6.01 Å². The zero-order chi connectivity index (χ0) is 16.4. The Morgan fingerprint density at radius 3 is 2.30 bits per heavy atom. The van der Waals surface area contributed by atoms with E-state index in [1.54, 1.807) is 7.11 Å². The molecule has 6 heteroatoms. The molecule has 0 radical (unpaired) electrons. The maximum atomic E-state index is 5.48. The number of hydrogen-bond acceptors (Lipinski definition) is 5. The van der Waals surface area contributed by atoms with Gasteiger partial charge in [-0.2, -0.15) is 9.97 Å². The highest BCUT2D eigenvalue weighted by Gasteiger charge is 2.33. The third-order valence-electron chi connectivity index (χ3n) is 4.43. The molecule has 122 valence electrons. The number of quaternary nitrogens is 1. The SMILES string of the molecule is COc1nc(-c2c(C)cccc2C)nc([N+]2(C)CCOCC2)n1. The molecule has 3 rings (SSSR count). The monoisotopic (exact) mass is 315 g/mol. The fourth-order valence-electron chi connectivity index (χ4n) is 2.90. The molecule has 1 aliphatic rings. The summed E-state index contributed by atoms with van der Waals surface area (Å²) >= 11 is 0. The molecular weight excluding hydrogens is 292 g/mol. The molecule has 6 nitrogen and oxygen atoms in total. The van der Waals surface area contributed by atoms with Crippen LogP contribution in [0, 0.1) is 13.8 Å². The summed E-state index contributed by atoms with van der Waals surface area (Å²) in [5, 5.41) is 0. The van der Waals surface area contributed by atoms with E-state index in [2.05, 4.69) is 43.0 Å². The minimum absolute atomic E-state index is 0.360. The van der Waals surface area contributed by atoms with E-state index in [0.29, 0.717) is 29.5 Å². The Bertz CT molecular complexity index is 691. The second kappa shape index (κ2) is 6.22. The number of rotatable bonds is 3. The minimum atomic E-state index is 0.360. The molecule has 1 fully saturated rings. The fraction of sp³-hybridized carbons (Fsp3) is 0.471. The van der Waals surface area contributed by atoms with Crippen LogP contribution in [0.15, 0.2) is 18.2 Å². The number of nitrogens with zero attached hydrogens (tertiary/aromatic N) is 4. The predicted octanol–water partition coefficient (Wildman–Crippen LogP) is 2.13. The van der Waals surface area contributed by atoms with E-state index in [0.717, 1.165) is 35.7 Å². The molecule has 1 saturated heterocycles. The molecule has 1 aromatic heterocycles. The van der Waals surface area contributed by atoms with Crippen molar-refractivity contribution in [1.29, 1.82) is 0 Å². The van der Waals surface area contributed by atoms with Crippen LogP contribution in [0.3, 0.4) is 0 Å². The summed E-state index contributed by atoms with van der Waals surface area (Å²) in [4.78, 5) is 13.8. The molecular formula is C17H23N4O2+. The number of likely N-dealkylation sites (N-methyl/N-ethyl adjacent to an activating group) is 1. The van der Waals surface area contributed by atoms with Gasteiger partial charge in [-0.15, -0.1) is 4.98 Å². The first-order valence-corrected chi connectivity index (χ1v) is 7.83. The van der Waals surface area contributed by atoms with Crippen LogP contribution in [-0.4, -0.2) is 55.4 Å². The highest BCUT2D eigenvalue weighted by atomic mass is 16.5. The van der Waals surface area contributed by atoms with Gasteiger partial charge in [0.1, 0.15) is 13.1 Å². The van der Waals surface area contributed by atoms with Crippen molar-refractivity contribution in [2.75, 3.05) is 40.5 Å². The molecule has 0 saturated carbocycles. The van der Waals surface area contributed by atoms with Gasteiger partial charge in [0, 0.05) is 5.56 Å². The Labute approximate surface area is 136 Å². The molecule has 0 bridgehead atoms. The zero-order valence-corrected chi connectivity index (χ0v) is 14.2. The first kappa shape index (κ1) is 15.8.